The summed E-state index contributed by atoms with van der Waals surface area (Å²) in [6, 6.07) is 15.2. The Labute approximate surface area is 194 Å². The van der Waals surface area contributed by atoms with E-state index in [1.54, 1.807) is 10.8 Å². The summed E-state index contributed by atoms with van der Waals surface area (Å²) in [5.41, 5.74) is 2.70. The third kappa shape index (κ3) is 4.88. The smallest absolute Gasteiger partial charge is 0.293 e. The Morgan fingerprint density at radius 1 is 1.12 bits per heavy atom. The maximum atomic E-state index is 13.1. The van der Waals surface area contributed by atoms with E-state index in [-0.39, 0.29) is 29.7 Å². The first kappa shape index (κ1) is 22.5. The van der Waals surface area contributed by atoms with Gasteiger partial charge in [-0.3, -0.25) is 19.3 Å². The summed E-state index contributed by atoms with van der Waals surface area (Å²) in [7, 11) is 0. The van der Waals surface area contributed by atoms with Gasteiger partial charge in [0.05, 0.1) is 28.0 Å². The number of rotatable bonds is 7. The van der Waals surface area contributed by atoms with Gasteiger partial charge in [0.2, 0.25) is 0 Å². The molecule has 0 aliphatic carbocycles. The molecule has 9 heteroatoms. The Bertz CT molecular complexity index is 1220. The fourth-order valence-corrected chi connectivity index (χ4v) is 4.34. The number of para-hydroxylation sites is 1. The molecule has 0 radical (unpaired) electrons. The Balaban J connectivity index is 1.39. The van der Waals surface area contributed by atoms with Crippen LogP contribution in [0.25, 0.3) is 11.8 Å². The molecular formula is C24H21FN4O3S. The van der Waals surface area contributed by atoms with Crippen LogP contribution in [0.3, 0.4) is 0 Å². The maximum Gasteiger partial charge on any atom is 0.293 e. The molecule has 0 bridgehead atoms. The van der Waals surface area contributed by atoms with Gasteiger partial charge in [-0.15, -0.1) is 0 Å². The van der Waals surface area contributed by atoms with Gasteiger partial charge in [0.15, 0.2) is 0 Å². The quantitative estimate of drug-likeness (QED) is 0.534. The molecule has 0 spiro atoms. The highest BCUT2D eigenvalue weighted by Gasteiger charge is 2.34. The standard InChI is InChI=1S/C24H21FN4O3S/c1-2-20-19(15-27-29(20)18-6-4-3-5-7-18)22(30)26-12-13-28-23(31)21(33-24(28)32)14-16-8-10-17(25)11-9-16/h3-11,14-15H,2,12-13H2,1H3,(H,26,30)/b21-14-. The molecule has 2 heterocycles. The highest BCUT2D eigenvalue weighted by atomic mass is 32.2. The van der Waals surface area contributed by atoms with Crippen molar-refractivity contribution < 1.29 is 18.8 Å². The van der Waals surface area contributed by atoms with Crippen LogP contribution in [-0.4, -0.2) is 44.8 Å². The van der Waals surface area contributed by atoms with E-state index in [1.807, 2.05) is 37.3 Å². The third-order valence-electron chi connectivity index (χ3n) is 5.11. The second-order valence-electron chi connectivity index (χ2n) is 7.25. The number of hydrogen-bond donors (Lipinski definition) is 1. The molecule has 0 saturated carbocycles. The lowest BCUT2D eigenvalue weighted by molar-refractivity contribution is -0.122. The number of imide groups is 1. The maximum absolute atomic E-state index is 13.1. The summed E-state index contributed by atoms with van der Waals surface area (Å²) in [5.74, 6) is -1.13. The highest BCUT2D eigenvalue weighted by molar-refractivity contribution is 8.18. The highest BCUT2D eigenvalue weighted by Crippen LogP contribution is 2.31. The van der Waals surface area contributed by atoms with Crippen molar-refractivity contribution in [3.63, 3.8) is 0 Å². The lowest BCUT2D eigenvalue weighted by Gasteiger charge is -2.13. The van der Waals surface area contributed by atoms with Gasteiger partial charge in [-0.05, 0) is 54.1 Å². The molecule has 7 nitrogen and oxygen atoms in total. The fraction of sp³-hybridized carbons (Fsp3) is 0.167. The van der Waals surface area contributed by atoms with Crippen molar-refractivity contribution in [1.29, 1.82) is 0 Å². The summed E-state index contributed by atoms with van der Waals surface area (Å²) in [4.78, 5) is 39.0. The van der Waals surface area contributed by atoms with E-state index >= 15 is 0 Å². The number of thioether (sulfide) groups is 1. The number of carbonyl (C=O) groups excluding carboxylic acids is 3. The molecule has 0 unspecified atom stereocenters. The predicted octanol–water partition coefficient (Wildman–Crippen LogP) is 4.04. The minimum Gasteiger partial charge on any atom is -0.350 e. The molecular weight excluding hydrogens is 443 g/mol. The summed E-state index contributed by atoms with van der Waals surface area (Å²) in [6.45, 7) is 2.10. The van der Waals surface area contributed by atoms with Crippen LogP contribution < -0.4 is 5.32 Å². The molecule has 1 N–H and O–H groups in total. The van der Waals surface area contributed by atoms with Crippen LogP contribution in [0.1, 0.15) is 28.5 Å². The van der Waals surface area contributed by atoms with Gasteiger partial charge >= 0.3 is 0 Å². The number of halogens is 1. The predicted molar refractivity (Wildman–Crippen MR) is 124 cm³/mol. The van der Waals surface area contributed by atoms with Crippen LogP contribution in [0.15, 0.2) is 65.7 Å². The van der Waals surface area contributed by atoms with E-state index in [1.165, 1.54) is 30.5 Å². The second kappa shape index (κ2) is 9.83. The molecule has 1 saturated heterocycles. The molecule has 4 rings (SSSR count). The zero-order valence-electron chi connectivity index (χ0n) is 17.8. The molecule has 1 aromatic heterocycles. The number of nitrogens with zero attached hydrogens (tertiary/aromatic N) is 3. The van der Waals surface area contributed by atoms with Crippen molar-refractivity contribution in [2.45, 2.75) is 13.3 Å². The first-order chi connectivity index (χ1) is 16.0. The minimum absolute atomic E-state index is 0.0471. The summed E-state index contributed by atoms with van der Waals surface area (Å²) in [5, 5.41) is 6.71. The van der Waals surface area contributed by atoms with E-state index in [9.17, 15) is 18.8 Å². The first-order valence-electron chi connectivity index (χ1n) is 10.4. The van der Waals surface area contributed by atoms with Crippen LogP contribution in [-0.2, 0) is 11.2 Å². The van der Waals surface area contributed by atoms with E-state index in [0.29, 0.717) is 17.5 Å². The van der Waals surface area contributed by atoms with Gasteiger partial charge in [-0.2, -0.15) is 5.10 Å². The topological polar surface area (TPSA) is 84.3 Å². The van der Waals surface area contributed by atoms with E-state index in [2.05, 4.69) is 10.4 Å². The van der Waals surface area contributed by atoms with Crippen LogP contribution in [0.4, 0.5) is 9.18 Å². The first-order valence-corrected chi connectivity index (χ1v) is 11.2. The van der Waals surface area contributed by atoms with Gasteiger partial charge in [-0.25, -0.2) is 9.07 Å². The summed E-state index contributed by atoms with van der Waals surface area (Å²) >= 11 is 0.822. The lowest BCUT2D eigenvalue weighted by atomic mass is 10.2. The van der Waals surface area contributed by atoms with Crippen LogP contribution in [0, 0.1) is 5.82 Å². The van der Waals surface area contributed by atoms with Crippen LogP contribution in [0.5, 0.6) is 0 Å². The largest absolute Gasteiger partial charge is 0.350 e. The Kier molecular flexibility index (Phi) is 6.69. The average molecular weight is 465 g/mol. The molecule has 3 amide bonds. The molecule has 3 aromatic rings. The summed E-state index contributed by atoms with van der Waals surface area (Å²) in [6.07, 6.45) is 3.68. The van der Waals surface area contributed by atoms with E-state index < -0.39 is 11.1 Å². The average Bonchev–Trinajstić information content (AvgIpc) is 3.37. The molecule has 1 aliphatic rings. The van der Waals surface area contributed by atoms with Crippen LogP contribution in [0.2, 0.25) is 0 Å². The number of aromatic nitrogens is 2. The SMILES string of the molecule is CCc1c(C(=O)NCCN2C(=O)S/C(=C\c3ccc(F)cc3)C2=O)cnn1-c1ccccc1. The van der Waals surface area contributed by atoms with Gasteiger partial charge < -0.3 is 5.32 Å². The normalized spacial score (nSPS) is 14.8. The Morgan fingerprint density at radius 3 is 2.55 bits per heavy atom. The molecule has 2 aromatic carbocycles. The zero-order chi connectivity index (χ0) is 23.4. The molecule has 33 heavy (non-hydrogen) atoms. The van der Waals surface area contributed by atoms with Crippen molar-refractivity contribution in [2.24, 2.45) is 0 Å². The number of hydrogen-bond acceptors (Lipinski definition) is 5. The summed E-state index contributed by atoms with van der Waals surface area (Å²) < 4.78 is 14.8. The lowest BCUT2D eigenvalue weighted by Crippen LogP contribution is -2.37. The third-order valence-corrected chi connectivity index (χ3v) is 6.02. The van der Waals surface area contributed by atoms with Crippen molar-refractivity contribution in [1.82, 2.24) is 20.0 Å². The number of benzene rings is 2. The van der Waals surface area contributed by atoms with Gasteiger partial charge in [0.1, 0.15) is 5.82 Å². The van der Waals surface area contributed by atoms with Crippen molar-refractivity contribution >= 4 is 34.9 Å². The monoisotopic (exact) mass is 464 g/mol. The Hall–Kier alpha value is -3.72. The van der Waals surface area contributed by atoms with Crippen LogP contribution >= 0.6 is 11.8 Å². The van der Waals surface area contributed by atoms with Crippen molar-refractivity contribution in [2.75, 3.05) is 13.1 Å². The van der Waals surface area contributed by atoms with E-state index in [0.717, 1.165) is 28.0 Å². The molecule has 1 aliphatic heterocycles. The van der Waals surface area contributed by atoms with Gasteiger partial charge in [0.25, 0.3) is 17.1 Å². The Morgan fingerprint density at radius 2 is 1.85 bits per heavy atom. The second-order valence-corrected chi connectivity index (χ2v) is 8.24. The number of carbonyl (C=O) groups is 3. The zero-order valence-corrected chi connectivity index (χ0v) is 18.6. The van der Waals surface area contributed by atoms with Gasteiger partial charge in [0, 0.05) is 13.1 Å². The number of nitrogens with one attached hydrogen (secondary N) is 1. The van der Waals surface area contributed by atoms with Gasteiger partial charge in [-0.1, -0.05) is 37.3 Å². The molecule has 0 atom stereocenters. The van der Waals surface area contributed by atoms with E-state index in [4.69, 9.17) is 0 Å². The van der Waals surface area contributed by atoms with Crippen molar-refractivity contribution in [3.05, 3.63) is 88.3 Å². The molecule has 1 fully saturated rings. The molecule has 168 valence electrons. The number of amides is 3. The minimum atomic E-state index is -0.435. The fourth-order valence-electron chi connectivity index (χ4n) is 3.47. The van der Waals surface area contributed by atoms with Crippen molar-refractivity contribution in [3.8, 4) is 5.69 Å².